The Labute approximate surface area is 128 Å². The Kier molecular flexibility index (Phi) is 3.40. The lowest BCUT2D eigenvalue weighted by molar-refractivity contribution is 0.411. The van der Waals surface area contributed by atoms with E-state index in [9.17, 15) is 10.1 Å². The monoisotopic (exact) mass is 290 g/mol. The molecule has 4 heteroatoms. The van der Waals surface area contributed by atoms with E-state index in [1.807, 2.05) is 43.6 Å². The second kappa shape index (κ2) is 5.38. The highest BCUT2D eigenvalue weighted by Gasteiger charge is 2.19. The van der Waals surface area contributed by atoms with Crippen LogP contribution in [0.3, 0.4) is 0 Å². The van der Waals surface area contributed by atoms with Gasteiger partial charge in [-0.2, -0.15) is 5.26 Å². The molecular weight excluding hydrogens is 276 g/mol. The zero-order chi connectivity index (χ0) is 15.7. The van der Waals surface area contributed by atoms with E-state index in [1.165, 1.54) is 13.2 Å². The van der Waals surface area contributed by atoms with Crippen LogP contribution in [0, 0.1) is 11.3 Å². The maximum absolute atomic E-state index is 12.1. The van der Waals surface area contributed by atoms with Gasteiger partial charge in [0.2, 0.25) is 5.43 Å². The van der Waals surface area contributed by atoms with E-state index in [-0.39, 0.29) is 5.43 Å². The molecule has 0 spiro atoms. The van der Waals surface area contributed by atoms with E-state index >= 15 is 0 Å². The van der Waals surface area contributed by atoms with Crippen LogP contribution >= 0.6 is 0 Å². The van der Waals surface area contributed by atoms with Crippen molar-refractivity contribution in [1.82, 2.24) is 4.57 Å². The van der Waals surface area contributed by atoms with Crippen LogP contribution in [0.15, 0.2) is 53.5 Å². The molecule has 22 heavy (non-hydrogen) atoms. The van der Waals surface area contributed by atoms with Gasteiger partial charge in [-0.3, -0.25) is 4.79 Å². The van der Waals surface area contributed by atoms with Crippen LogP contribution < -0.4 is 10.2 Å². The van der Waals surface area contributed by atoms with Crippen LogP contribution in [-0.2, 0) is 7.05 Å². The lowest BCUT2D eigenvalue weighted by atomic mass is 9.92. The first-order valence-electron chi connectivity index (χ1n) is 6.82. The van der Waals surface area contributed by atoms with Crippen LogP contribution in [-0.4, -0.2) is 11.7 Å². The highest BCUT2D eigenvalue weighted by Crippen LogP contribution is 2.36. The van der Waals surface area contributed by atoms with Crippen molar-refractivity contribution in [3.8, 4) is 34.1 Å². The molecule has 0 amide bonds. The van der Waals surface area contributed by atoms with Gasteiger partial charge in [0, 0.05) is 24.4 Å². The average molecular weight is 290 g/mol. The fourth-order valence-corrected chi connectivity index (χ4v) is 2.67. The Morgan fingerprint density at radius 1 is 1.14 bits per heavy atom. The van der Waals surface area contributed by atoms with Crippen molar-refractivity contribution in [1.29, 1.82) is 5.26 Å². The molecule has 0 fully saturated rings. The summed E-state index contributed by atoms with van der Waals surface area (Å²) in [6.07, 6.45) is 1.84. The minimum absolute atomic E-state index is 0.190. The summed E-state index contributed by atoms with van der Waals surface area (Å²) in [4.78, 5) is 12.1. The number of pyridine rings is 1. The third kappa shape index (κ3) is 2.13. The molecule has 0 atom stereocenters. The largest absolute Gasteiger partial charge is 0.493 e. The Morgan fingerprint density at radius 3 is 2.50 bits per heavy atom. The average Bonchev–Trinajstić information content (AvgIpc) is 2.54. The second-order valence-corrected chi connectivity index (χ2v) is 5.03. The van der Waals surface area contributed by atoms with Crippen molar-refractivity contribution in [3.05, 3.63) is 64.6 Å². The number of ether oxygens (including phenoxy) is 1. The van der Waals surface area contributed by atoms with Crippen LogP contribution in [0.25, 0.3) is 22.3 Å². The maximum atomic E-state index is 12.1. The highest BCUT2D eigenvalue weighted by molar-refractivity contribution is 5.87. The van der Waals surface area contributed by atoms with E-state index in [0.717, 1.165) is 22.3 Å². The van der Waals surface area contributed by atoms with Crippen molar-refractivity contribution in [2.24, 2.45) is 7.05 Å². The number of nitrogens with zero attached hydrogens (tertiary/aromatic N) is 2. The molecule has 0 bridgehead atoms. The summed E-state index contributed by atoms with van der Waals surface area (Å²) in [6.45, 7) is 0. The molecule has 0 aromatic heterocycles. The number of nitriles is 1. The number of hydrogen-bond acceptors (Lipinski definition) is 3. The summed E-state index contributed by atoms with van der Waals surface area (Å²) in [6, 6.07) is 15.1. The molecule has 0 unspecified atom stereocenters. The molecule has 3 rings (SSSR count). The zero-order valence-corrected chi connectivity index (χ0v) is 12.3. The van der Waals surface area contributed by atoms with Gasteiger partial charge in [0.05, 0.1) is 7.11 Å². The van der Waals surface area contributed by atoms with Crippen LogP contribution in [0.5, 0.6) is 5.75 Å². The summed E-state index contributed by atoms with van der Waals surface area (Å²) in [7, 11) is 3.30. The fraction of sp³-hybridized carbons (Fsp3) is 0.111. The number of benzene rings is 2. The van der Waals surface area contributed by atoms with E-state index in [0.29, 0.717) is 11.4 Å². The molecule has 108 valence electrons. The quantitative estimate of drug-likeness (QED) is 0.729. The van der Waals surface area contributed by atoms with Gasteiger partial charge in [0.25, 0.3) is 0 Å². The normalized spacial score (nSPS) is 10.4. The van der Waals surface area contributed by atoms with Gasteiger partial charge in [-0.1, -0.05) is 30.3 Å². The molecule has 1 aliphatic carbocycles. The van der Waals surface area contributed by atoms with Gasteiger partial charge < -0.3 is 9.30 Å². The van der Waals surface area contributed by atoms with E-state index in [1.54, 1.807) is 10.6 Å². The lowest BCUT2D eigenvalue weighted by Gasteiger charge is -2.18. The summed E-state index contributed by atoms with van der Waals surface area (Å²) in [5.41, 5.74) is 3.62. The minimum Gasteiger partial charge on any atom is -0.493 e. The highest BCUT2D eigenvalue weighted by atomic mass is 16.5. The lowest BCUT2D eigenvalue weighted by Crippen LogP contribution is -2.09. The second-order valence-electron chi connectivity index (χ2n) is 5.03. The number of rotatable bonds is 2. The Bertz CT molecular complexity index is 905. The minimum atomic E-state index is -0.190. The Hall–Kier alpha value is -3.06. The van der Waals surface area contributed by atoms with Crippen molar-refractivity contribution >= 4 is 0 Å². The molecule has 1 heterocycles. The molecule has 2 aliphatic rings. The fourth-order valence-electron chi connectivity index (χ4n) is 2.67. The number of methoxy groups -OCH3 is 1. The summed E-state index contributed by atoms with van der Waals surface area (Å²) >= 11 is 0. The third-order valence-electron chi connectivity index (χ3n) is 3.70. The number of aryl methyl sites for hydroxylation is 1. The Morgan fingerprint density at radius 2 is 1.86 bits per heavy atom. The van der Waals surface area contributed by atoms with Gasteiger partial charge in [-0.15, -0.1) is 0 Å². The van der Waals surface area contributed by atoms with Crippen LogP contribution in [0.2, 0.25) is 0 Å². The molecule has 0 N–H and O–H groups in total. The molecule has 0 radical (unpaired) electrons. The number of fused-ring (bicyclic) bond motifs is 1. The topological polar surface area (TPSA) is 55.0 Å². The molecule has 0 saturated heterocycles. The predicted octanol–water partition coefficient (Wildman–Crippen LogP) is 3.04. The standard InChI is InChI=1S/C18H14N2O2/c1-20-11-13-8-17(22-2)16(21)9-14(13)18(15(20)10-19)12-6-4-3-5-7-12/h3-9,11H,1-2H3. The van der Waals surface area contributed by atoms with Gasteiger partial charge in [0.1, 0.15) is 11.8 Å². The third-order valence-corrected chi connectivity index (χ3v) is 3.70. The van der Waals surface area contributed by atoms with Crippen molar-refractivity contribution in [2.75, 3.05) is 7.11 Å². The first-order valence-corrected chi connectivity index (χ1v) is 6.82. The summed E-state index contributed by atoms with van der Waals surface area (Å²) in [5.74, 6) is 0.302. The summed E-state index contributed by atoms with van der Waals surface area (Å²) in [5, 5.41) is 9.52. The smallest absolute Gasteiger partial charge is 0.221 e. The van der Waals surface area contributed by atoms with Crippen LogP contribution in [0.4, 0.5) is 0 Å². The summed E-state index contributed by atoms with van der Waals surface area (Å²) < 4.78 is 6.88. The molecule has 0 saturated carbocycles. The first kappa shape index (κ1) is 13.9. The molecule has 1 aromatic rings. The zero-order valence-electron chi connectivity index (χ0n) is 12.3. The van der Waals surface area contributed by atoms with Crippen LogP contribution in [0.1, 0.15) is 5.69 Å². The number of aromatic nitrogens is 1. The van der Waals surface area contributed by atoms with E-state index in [4.69, 9.17) is 4.74 Å². The molecule has 4 nitrogen and oxygen atoms in total. The molecule has 1 aromatic carbocycles. The van der Waals surface area contributed by atoms with Gasteiger partial charge in [-0.25, -0.2) is 0 Å². The van der Waals surface area contributed by atoms with Crippen molar-refractivity contribution in [3.63, 3.8) is 0 Å². The van der Waals surface area contributed by atoms with Gasteiger partial charge in [-0.05, 0) is 23.3 Å². The van der Waals surface area contributed by atoms with E-state index in [2.05, 4.69) is 6.07 Å². The van der Waals surface area contributed by atoms with Gasteiger partial charge in [0.15, 0.2) is 5.75 Å². The van der Waals surface area contributed by atoms with Crippen molar-refractivity contribution in [2.45, 2.75) is 0 Å². The van der Waals surface area contributed by atoms with Crippen molar-refractivity contribution < 1.29 is 4.74 Å². The maximum Gasteiger partial charge on any atom is 0.221 e. The Balaban J connectivity index is 2.46. The molecule has 1 aliphatic heterocycles. The predicted molar refractivity (Wildman–Crippen MR) is 85.0 cm³/mol. The molecular formula is C18H14N2O2. The van der Waals surface area contributed by atoms with E-state index < -0.39 is 0 Å². The van der Waals surface area contributed by atoms with Gasteiger partial charge >= 0.3 is 0 Å². The number of hydrogen-bond donors (Lipinski definition) is 0. The SMILES string of the molecule is COc1cc2cn(C)c(C#N)c(-c3ccccc3)c-2cc1=O. The first-order chi connectivity index (χ1) is 10.7.